The van der Waals surface area contributed by atoms with E-state index in [0.29, 0.717) is 5.41 Å². The first kappa shape index (κ1) is 19.7. The van der Waals surface area contributed by atoms with Crippen LogP contribution in [0.25, 0.3) is 21.9 Å². The van der Waals surface area contributed by atoms with Crippen LogP contribution in [0.2, 0.25) is 0 Å². The third-order valence-corrected chi connectivity index (χ3v) is 6.34. The maximum atomic E-state index is 2.47. The second kappa shape index (κ2) is 7.89. The third-order valence-electron chi connectivity index (χ3n) is 6.34. The van der Waals surface area contributed by atoms with Crippen LogP contribution < -0.4 is 0 Å². The molecular weight excluding hydrogens is 391 g/mol. The molecule has 0 unspecified atom stereocenters. The number of aryl methyl sites for hydroxylation is 2. The monoisotopic (exact) mass is 419 g/mol. The van der Waals surface area contributed by atoms with Crippen LogP contribution >= 0.6 is 0 Å². The van der Waals surface area contributed by atoms with Gasteiger partial charge in [0.1, 0.15) is 0 Å². The molecule has 134 valence electrons. The molecule has 0 N–H and O–H groups in total. The fourth-order valence-electron chi connectivity index (χ4n) is 4.99. The first-order chi connectivity index (χ1) is 12.1. The van der Waals surface area contributed by atoms with Gasteiger partial charge in [0, 0.05) is 26.2 Å². The van der Waals surface area contributed by atoms with Crippen molar-refractivity contribution in [3.05, 3.63) is 65.2 Å². The van der Waals surface area contributed by atoms with Crippen LogP contribution in [0.5, 0.6) is 0 Å². The zero-order chi connectivity index (χ0) is 17.4. The largest absolute Gasteiger partial charge is 0.164 e. The van der Waals surface area contributed by atoms with Crippen molar-refractivity contribution in [2.24, 2.45) is 5.41 Å². The molecule has 0 nitrogen and oxygen atoms in total. The van der Waals surface area contributed by atoms with E-state index in [0.717, 1.165) is 0 Å². The molecule has 0 aliphatic heterocycles. The van der Waals surface area contributed by atoms with Gasteiger partial charge in [-0.1, -0.05) is 67.1 Å². The Kier molecular flexibility index (Phi) is 5.98. The summed E-state index contributed by atoms with van der Waals surface area (Å²) < 4.78 is 0. The first-order valence-corrected chi connectivity index (χ1v) is 9.86. The molecule has 1 saturated carbocycles. The molecule has 0 amide bonds. The Morgan fingerprint density at radius 1 is 0.962 bits per heavy atom. The first-order valence-electron chi connectivity index (χ1n) is 9.86. The van der Waals surface area contributed by atoms with E-state index in [1.165, 1.54) is 77.1 Å². The van der Waals surface area contributed by atoms with Crippen molar-refractivity contribution in [3.8, 4) is 11.1 Å². The van der Waals surface area contributed by atoms with Crippen LogP contribution in [0.3, 0.4) is 0 Å². The molecule has 1 aliphatic carbocycles. The molecule has 0 aromatic heterocycles. The predicted molar refractivity (Wildman–Crippen MR) is 109 cm³/mol. The SMILES string of the molecule is CCC1(Cc2cc3c(-c4cc(C)cc(C)c4)cccc3[cH-]2)CCCC1.[Zr]. The van der Waals surface area contributed by atoms with Crippen molar-refractivity contribution in [1.82, 2.24) is 0 Å². The zero-order valence-electron chi connectivity index (χ0n) is 16.4. The van der Waals surface area contributed by atoms with Gasteiger partial charge < -0.3 is 0 Å². The van der Waals surface area contributed by atoms with E-state index in [1.807, 2.05) is 0 Å². The maximum absolute atomic E-state index is 2.47. The second-order valence-electron chi connectivity index (χ2n) is 8.29. The fourth-order valence-corrected chi connectivity index (χ4v) is 4.99. The number of rotatable bonds is 4. The minimum Gasteiger partial charge on any atom is -0.164 e. The molecule has 0 spiro atoms. The maximum Gasteiger partial charge on any atom is 0 e. The summed E-state index contributed by atoms with van der Waals surface area (Å²) in [5.74, 6) is 0. The van der Waals surface area contributed by atoms with E-state index < -0.39 is 0 Å². The summed E-state index contributed by atoms with van der Waals surface area (Å²) in [6.07, 6.45) is 8.23. The van der Waals surface area contributed by atoms with Gasteiger partial charge in [0.05, 0.1) is 0 Å². The van der Waals surface area contributed by atoms with Gasteiger partial charge in [0.25, 0.3) is 0 Å². The van der Waals surface area contributed by atoms with Crippen LogP contribution in [-0.2, 0) is 32.6 Å². The van der Waals surface area contributed by atoms with Crippen LogP contribution in [0.4, 0.5) is 0 Å². The Labute approximate surface area is 177 Å². The molecule has 26 heavy (non-hydrogen) atoms. The standard InChI is InChI=1S/C25H29.Zr/c1-4-25(10-5-6-11-25)17-20-15-21-8-7-9-23(24(21)16-20)22-13-18(2)12-19(3)14-22;/h7-9,12-16H,4-6,10-11,17H2,1-3H3;/q-1;. The van der Waals surface area contributed by atoms with E-state index in [2.05, 4.69) is 69.3 Å². The molecular formula is C25H29Zr-. The van der Waals surface area contributed by atoms with E-state index in [-0.39, 0.29) is 26.2 Å². The van der Waals surface area contributed by atoms with Gasteiger partial charge in [-0.15, -0.1) is 34.5 Å². The van der Waals surface area contributed by atoms with Gasteiger partial charge in [-0.25, -0.2) is 0 Å². The predicted octanol–water partition coefficient (Wildman–Crippen LogP) is 7.35. The Balaban J connectivity index is 0.00000196. The Bertz CT molecular complexity index is 873. The quantitative estimate of drug-likeness (QED) is 0.387. The topological polar surface area (TPSA) is 0 Å². The molecule has 0 bridgehead atoms. The molecule has 1 aliphatic rings. The van der Waals surface area contributed by atoms with Crippen LogP contribution in [0.1, 0.15) is 55.7 Å². The normalized spacial score (nSPS) is 16.0. The van der Waals surface area contributed by atoms with E-state index in [4.69, 9.17) is 0 Å². The molecule has 0 atom stereocenters. The summed E-state index contributed by atoms with van der Waals surface area (Å²) in [5, 5.41) is 2.82. The summed E-state index contributed by atoms with van der Waals surface area (Å²) in [6.45, 7) is 6.77. The molecule has 1 heteroatoms. The van der Waals surface area contributed by atoms with Crippen molar-refractivity contribution in [3.63, 3.8) is 0 Å². The number of benzene rings is 2. The van der Waals surface area contributed by atoms with Crippen molar-refractivity contribution < 1.29 is 26.2 Å². The molecule has 1 fully saturated rings. The van der Waals surface area contributed by atoms with Gasteiger partial charge in [-0.2, -0.15) is 6.07 Å². The third kappa shape index (κ3) is 3.79. The van der Waals surface area contributed by atoms with Crippen molar-refractivity contribution in [2.75, 3.05) is 0 Å². The molecule has 3 aromatic rings. The molecule has 0 radical (unpaired) electrons. The number of hydrogen-bond acceptors (Lipinski definition) is 0. The summed E-state index contributed by atoms with van der Waals surface area (Å²) in [7, 11) is 0. The summed E-state index contributed by atoms with van der Waals surface area (Å²) in [6, 6.07) is 18.6. The zero-order valence-corrected chi connectivity index (χ0v) is 18.8. The summed E-state index contributed by atoms with van der Waals surface area (Å²) >= 11 is 0. The number of fused-ring (bicyclic) bond motifs is 1. The minimum absolute atomic E-state index is 0. The van der Waals surface area contributed by atoms with E-state index in [9.17, 15) is 0 Å². The summed E-state index contributed by atoms with van der Waals surface area (Å²) in [5.41, 5.74) is 7.52. The summed E-state index contributed by atoms with van der Waals surface area (Å²) in [4.78, 5) is 0. The Morgan fingerprint density at radius 3 is 2.31 bits per heavy atom. The molecule has 0 saturated heterocycles. The van der Waals surface area contributed by atoms with E-state index >= 15 is 0 Å². The van der Waals surface area contributed by atoms with Gasteiger partial charge in [-0.05, 0) is 44.1 Å². The fraction of sp³-hybridized carbons (Fsp3) is 0.400. The number of hydrogen-bond donors (Lipinski definition) is 0. The Hall–Kier alpha value is -1.07. The van der Waals surface area contributed by atoms with Gasteiger partial charge >= 0.3 is 0 Å². The molecule has 0 heterocycles. The second-order valence-corrected chi connectivity index (χ2v) is 8.29. The van der Waals surface area contributed by atoms with Gasteiger partial charge in [-0.3, -0.25) is 0 Å². The average molecular weight is 421 g/mol. The van der Waals surface area contributed by atoms with Crippen molar-refractivity contribution in [1.29, 1.82) is 0 Å². The average Bonchev–Trinajstić information content (AvgIpc) is 3.20. The van der Waals surface area contributed by atoms with Gasteiger partial charge in [0.2, 0.25) is 0 Å². The van der Waals surface area contributed by atoms with Crippen LogP contribution in [0.15, 0.2) is 48.5 Å². The van der Waals surface area contributed by atoms with E-state index in [1.54, 1.807) is 0 Å². The van der Waals surface area contributed by atoms with Crippen LogP contribution in [0, 0.1) is 19.3 Å². The van der Waals surface area contributed by atoms with Crippen molar-refractivity contribution in [2.45, 2.75) is 59.3 Å². The molecule has 4 rings (SSSR count). The Morgan fingerprint density at radius 2 is 1.65 bits per heavy atom. The van der Waals surface area contributed by atoms with Crippen LogP contribution in [-0.4, -0.2) is 0 Å². The smallest absolute Gasteiger partial charge is 0 e. The molecule has 3 aromatic carbocycles. The minimum atomic E-state index is 0. The van der Waals surface area contributed by atoms with Crippen molar-refractivity contribution >= 4 is 10.8 Å². The van der Waals surface area contributed by atoms with Gasteiger partial charge in [0.15, 0.2) is 0 Å².